The van der Waals surface area contributed by atoms with Gasteiger partial charge in [-0.25, -0.2) is 0 Å². The van der Waals surface area contributed by atoms with Crippen LogP contribution >= 0.6 is 0 Å². The Morgan fingerprint density at radius 2 is 1.82 bits per heavy atom. The van der Waals surface area contributed by atoms with Crippen LogP contribution in [0, 0.1) is 40.9 Å². The fourth-order valence-corrected chi connectivity index (χ4v) is 5.43. The third-order valence-corrected chi connectivity index (χ3v) is 5.94. The highest BCUT2D eigenvalue weighted by Crippen LogP contribution is 2.65. The van der Waals surface area contributed by atoms with Crippen molar-refractivity contribution in [3.8, 4) is 0 Å². The van der Waals surface area contributed by atoms with E-state index >= 15 is 0 Å². The second-order valence-corrected chi connectivity index (χ2v) is 7.63. The molecule has 2 bridgehead atoms. The molecule has 17 heavy (non-hydrogen) atoms. The summed E-state index contributed by atoms with van der Waals surface area (Å²) in [5.74, 6) is 3.09. The summed E-state index contributed by atoms with van der Waals surface area (Å²) in [6.07, 6.45) is 4.79. The minimum atomic E-state index is -0.532. The van der Waals surface area contributed by atoms with E-state index in [4.69, 9.17) is 0 Å². The monoisotopic (exact) mass is 236 g/mol. The first-order chi connectivity index (χ1) is 7.89. The lowest BCUT2D eigenvalue weighted by atomic mass is 9.67. The molecule has 3 aliphatic carbocycles. The van der Waals surface area contributed by atoms with Crippen molar-refractivity contribution >= 4 is 5.97 Å². The van der Waals surface area contributed by atoms with Crippen LogP contribution in [0.25, 0.3) is 0 Å². The van der Waals surface area contributed by atoms with Crippen LogP contribution in [0.4, 0.5) is 0 Å². The van der Waals surface area contributed by atoms with Gasteiger partial charge in [-0.2, -0.15) is 0 Å². The Morgan fingerprint density at radius 3 is 2.41 bits per heavy atom. The van der Waals surface area contributed by atoms with Gasteiger partial charge in [-0.3, -0.25) is 4.79 Å². The number of fused-ring (bicyclic) bond motifs is 5. The Hall–Kier alpha value is -0.530. The number of rotatable bonds is 1. The van der Waals surface area contributed by atoms with E-state index in [1.165, 1.54) is 19.3 Å². The highest BCUT2D eigenvalue weighted by molar-refractivity contribution is 5.71. The summed E-state index contributed by atoms with van der Waals surface area (Å²) in [6, 6.07) is 0. The van der Waals surface area contributed by atoms with E-state index in [2.05, 4.69) is 20.8 Å². The number of carbonyl (C=O) groups is 1. The summed E-state index contributed by atoms with van der Waals surface area (Å²) >= 11 is 0. The third kappa shape index (κ3) is 1.56. The van der Waals surface area contributed by atoms with Gasteiger partial charge < -0.3 is 5.11 Å². The molecule has 0 saturated heterocycles. The number of hydrogen-bond acceptors (Lipinski definition) is 1. The molecular weight excluding hydrogens is 212 g/mol. The molecular formula is C15H24O2. The van der Waals surface area contributed by atoms with Gasteiger partial charge in [0.2, 0.25) is 0 Å². The van der Waals surface area contributed by atoms with Crippen molar-refractivity contribution in [2.75, 3.05) is 0 Å². The Bertz CT molecular complexity index is 341. The van der Waals surface area contributed by atoms with Crippen molar-refractivity contribution < 1.29 is 9.90 Å². The summed E-state index contributed by atoms with van der Waals surface area (Å²) < 4.78 is 0. The van der Waals surface area contributed by atoms with Crippen molar-refractivity contribution in [2.24, 2.45) is 40.9 Å². The molecule has 0 spiro atoms. The fraction of sp³-hybridized carbons (Fsp3) is 0.933. The average molecular weight is 236 g/mol. The quantitative estimate of drug-likeness (QED) is 0.757. The second kappa shape index (κ2) is 3.49. The molecule has 96 valence electrons. The highest BCUT2D eigenvalue weighted by atomic mass is 16.4. The van der Waals surface area contributed by atoms with Gasteiger partial charge in [0, 0.05) is 0 Å². The normalized spacial score (nSPS) is 48.4. The molecule has 3 fully saturated rings. The first kappa shape index (κ1) is 11.6. The van der Waals surface area contributed by atoms with Crippen LogP contribution in [0.15, 0.2) is 0 Å². The van der Waals surface area contributed by atoms with E-state index in [1.807, 2.05) is 0 Å². The van der Waals surface area contributed by atoms with Gasteiger partial charge in [0.1, 0.15) is 0 Å². The molecule has 3 aliphatic rings. The Balaban J connectivity index is 1.83. The largest absolute Gasteiger partial charge is 0.481 e. The molecule has 0 aromatic rings. The number of aliphatic carboxylic acids is 1. The molecule has 0 aliphatic heterocycles. The summed E-state index contributed by atoms with van der Waals surface area (Å²) in [7, 11) is 0. The Morgan fingerprint density at radius 1 is 1.12 bits per heavy atom. The minimum absolute atomic E-state index is 0.0139. The summed E-state index contributed by atoms with van der Waals surface area (Å²) in [5.41, 5.74) is 0.405. The lowest BCUT2D eigenvalue weighted by molar-refractivity contribution is -0.144. The van der Waals surface area contributed by atoms with E-state index in [9.17, 15) is 9.90 Å². The second-order valence-electron chi connectivity index (χ2n) is 7.63. The topological polar surface area (TPSA) is 37.3 Å². The van der Waals surface area contributed by atoms with Crippen molar-refractivity contribution in [1.82, 2.24) is 0 Å². The SMILES string of the molecule is CC(C)(C)C1CCC2C1C1CC2[C@@H](C(=O)O)C1. The predicted molar refractivity (Wildman–Crippen MR) is 66.5 cm³/mol. The fourth-order valence-electron chi connectivity index (χ4n) is 5.43. The van der Waals surface area contributed by atoms with Crippen molar-refractivity contribution in [3.05, 3.63) is 0 Å². The minimum Gasteiger partial charge on any atom is -0.481 e. The van der Waals surface area contributed by atoms with Crippen LogP contribution in [0.3, 0.4) is 0 Å². The standard InChI is InChI=1S/C15H24O2/c1-15(2,3)12-5-4-9-10-6-8(13(9)12)7-11(10)14(16)17/h8-13H,4-7H2,1-3H3,(H,16,17)/t8?,9?,10?,11-,12?,13?/m0/s1. The lowest BCUT2D eigenvalue weighted by Crippen LogP contribution is -2.34. The van der Waals surface area contributed by atoms with Crippen molar-refractivity contribution in [2.45, 2.75) is 46.5 Å². The lowest BCUT2D eigenvalue weighted by Gasteiger charge is -2.38. The Kier molecular flexibility index (Phi) is 2.37. The molecule has 6 atom stereocenters. The summed E-state index contributed by atoms with van der Waals surface area (Å²) in [6.45, 7) is 7.09. The van der Waals surface area contributed by atoms with Gasteiger partial charge in [0.25, 0.3) is 0 Å². The maximum absolute atomic E-state index is 11.3. The smallest absolute Gasteiger partial charge is 0.306 e. The summed E-state index contributed by atoms with van der Waals surface area (Å²) in [4.78, 5) is 11.3. The van der Waals surface area contributed by atoms with Crippen molar-refractivity contribution in [1.29, 1.82) is 0 Å². The first-order valence-electron chi connectivity index (χ1n) is 7.12. The number of hydrogen-bond donors (Lipinski definition) is 1. The molecule has 3 saturated carbocycles. The maximum Gasteiger partial charge on any atom is 0.306 e. The van der Waals surface area contributed by atoms with Gasteiger partial charge >= 0.3 is 5.97 Å². The zero-order valence-electron chi connectivity index (χ0n) is 11.1. The highest BCUT2D eigenvalue weighted by Gasteiger charge is 2.60. The van der Waals surface area contributed by atoms with Gasteiger partial charge in [0.05, 0.1) is 5.92 Å². The maximum atomic E-state index is 11.3. The molecule has 0 heterocycles. The molecule has 2 nitrogen and oxygen atoms in total. The van der Waals surface area contributed by atoms with Crippen LogP contribution in [0.2, 0.25) is 0 Å². The molecule has 0 aromatic heterocycles. The van der Waals surface area contributed by atoms with Crippen LogP contribution in [-0.4, -0.2) is 11.1 Å². The molecule has 0 radical (unpaired) electrons. The zero-order chi connectivity index (χ0) is 12.4. The molecule has 3 rings (SSSR count). The zero-order valence-corrected chi connectivity index (χ0v) is 11.1. The molecule has 0 amide bonds. The van der Waals surface area contributed by atoms with Crippen molar-refractivity contribution in [3.63, 3.8) is 0 Å². The van der Waals surface area contributed by atoms with Crippen LogP contribution in [0.1, 0.15) is 46.5 Å². The predicted octanol–water partition coefficient (Wildman–Crippen LogP) is 3.42. The third-order valence-electron chi connectivity index (χ3n) is 5.94. The van der Waals surface area contributed by atoms with Crippen LogP contribution in [0.5, 0.6) is 0 Å². The Labute approximate surface area is 104 Å². The van der Waals surface area contributed by atoms with Gasteiger partial charge in [0.15, 0.2) is 0 Å². The molecule has 0 aromatic carbocycles. The van der Waals surface area contributed by atoms with Gasteiger partial charge in [-0.1, -0.05) is 20.8 Å². The molecule has 5 unspecified atom stereocenters. The van der Waals surface area contributed by atoms with E-state index in [0.717, 1.165) is 30.1 Å². The summed E-state index contributed by atoms with van der Waals surface area (Å²) in [5, 5.41) is 9.28. The number of carboxylic acid groups (broad SMARTS) is 1. The molecule has 2 heteroatoms. The van der Waals surface area contributed by atoms with E-state index < -0.39 is 5.97 Å². The van der Waals surface area contributed by atoms with E-state index in [-0.39, 0.29) is 5.92 Å². The van der Waals surface area contributed by atoms with E-state index in [0.29, 0.717) is 11.3 Å². The molecule has 1 N–H and O–H groups in total. The van der Waals surface area contributed by atoms with E-state index in [1.54, 1.807) is 0 Å². The number of carboxylic acids is 1. The van der Waals surface area contributed by atoms with Gasteiger partial charge in [-0.15, -0.1) is 0 Å². The van der Waals surface area contributed by atoms with Gasteiger partial charge in [-0.05, 0) is 60.7 Å². The first-order valence-corrected chi connectivity index (χ1v) is 7.12. The average Bonchev–Trinajstić information content (AvgIpc) is 2.86. The van der Waals surface area contributed by atoms with Crippen LogP contribution < -0.4 is 0 Å². The van der Waals surface area contributed by atoms with Crippen LogP contribution in [-0.2, 0) is 4.79 Å².